The van der Waals surface area contributed by atoms with Gasteiger partial charge in [-0.15, -0.1) is 11.3 Å². The Hall–Kier alpha value is -1.83. The van der Waals surface area contributed by atoms with E-state index in [1.807, 2.05) is 11.3 Å². The summed E-state index contributed by atoms with van der Waals surface area (Å²) >= 11 is 1.84. The minimum Gasteiger partial charge on any atom is -0.235 e. The summed E-state index contributed by atoms with van der Waals surface area (Å²) in [7, 11) is -3.05. The fourth-order valence-electron chi connectivity index (χ4n) is 3.95. The van der Waals surface area contributed by atoms with E-state index < -0.39 is 16.1 Å². The maximum Gasteiger partial charge on any atom is 0.116 e. The lowest BCUT2D eigenvalue weighted by Gasteiger charge is -2.21. The lowest BCUT2D eigenvalue weighted by Crippen LogP contribution is -2.38. The molecule has 0 aliphatic carbocycles. The van der Waals surface area contributed by atoms with Crippen LogP contribution in [0.3, 0.4) is 0 Å². The van der Waals surface area contributed by atoms with Gasteiger partial charge in [-0.1, -0.05) is 74.8 Å². The van der Waals surface area contributed by atoms with Gasteiger partial charge in [-0.3, -0.25) is 0 Å². The predicted molar refractivity (Wildman–Crippen MR) is 131 cm³/mol. The molecule has 28 heavy (non-hydrogen) atoms. The third-order valence-electron chi connectivity index (χ3n) is 5.28. The fraction of sp³-hybridized carbons (Fsp3) is 0.304. The molecule has 0 saturated carbocycles. The molecule has 0 atom stereocenters. The van der Waals surface area contributed by atoms with Crippen LogP contribution in [0.25, 0.3) is 32.2 Å². The van der Waals surface area contributed by atoms with Crippen LogP contribution >= 0.6 is 11.3 Å². The number of hydrogen-bond donors (Lipinski definition) is 0. The van der Waals surface area contributed by atoms with Crippen LogP contribution in [-0.2, 0) is 0 Å². The maximum atomic E-state index is 8.27. The number of aromatic nitrogens is 2. The molecule has 0 bridgehead atoms. The van der Waals surface area contributed by atoms with E-state index in [9.17, 15) is 0 Å². The first-order chi connectivity index (χ1) is 13.5. The number of fused-ring (bicyclic) bond motifs is 2. The lowest BCUT2D eigenvalue weighted by atomic mass is 10.0. The largest absolute Gasteiger partial charge is 0.235 e. The molecule has 4 rings (SSSR count). The molecular formula is C23H28N2SSi2. The van der Waals surface area contributed by atoms with Crippen LogP contribution in [0.2, 0.25) is 39.3 Å². The van der Waals surface area contributed by atoms with Gasteiger partial charge < -0.3 is 0 Å². The highest BCUT2D eigenvalue weighted by Gasteiger charge is 2.26. The molecule has 0 aliphatic rings. The summed E-state index contributed by atoms with van der Waals surface area (Å²) in [5.74, 6) is 0. The van der Waals surface area contributed by atoms with Crippen molar-refractivity contribution >= 4 is 58.2 Å². The van der Waals surface area contributed by atoms with E-state index in [2.05, 4.69) is 92.6 Å². The van der Waals surface area contributed by atoms with Gasteiger partial charge in [0, 0.05) is 5.56 Å². The van der Waals surface area contributed by atoms with Crippen molar-refractivity contribution < 1.29 is 1.37 Å². The van der Waals surface area contributed by atoms with Crippen LogP contribution in [0.15, 0.2) is 42.7 Å². The normalized spacial score (nSPS) is 13.3. The summed E-state index contributed by atoms with van der Waals surface area (Å²) in [6.45, 7) is 16.5. The summed E-state index contributed by atoms with van der Waals surface area (Å²) in [5.41, 5.74) is 4.24. The molecule has 2 aromatic heterocycles. The van der Waals surface area contributed by atoms with Crippen molar-refractivity contribution in [2.24, 2.45) is 0 Å². The maximum absolute atomic E-state index is 8.27. The Kier molecular flexibility index (Phi) is 4.30. The Balaban J connectivity index is 2.09. The average molecular weight is 422 g/mol. The molecular weight excluding hydrogens is 393 g/mol. The van der Waals surface area contributed by atoms with Crippen molar-refractivity contribution in [2.75, 3.05) is 0 Å². The van der Waals surface area contributed by atoms with Crippen molar-refractivity contribution in [1.29, 1.82) is 0 Å². The summed E-state index contributed by atoms with van der Waals surface area (Å²) in [6.07, 6.45) is 0.109. The highest BCUT2D eigenvalue weighted by atomic mass is 32.1. The number of nitrogens with zero attached hydrogens (tertiary/aromatic N) is 2. The number of benzene rings is 2. The number of aryl methyl sites for hydroxylation is 1. The average Bonchev–Trinajstić information content (AvgIpc) is 2.96. The van der Waals surface area contributed by atoms with E-state index in [-0.39, 0.29) is 6.30 Å². The first kappa shape index (κ1) is 18.2. The molecule has 0 fully saturated rings. The van der Waals surface area contributed by atoms with Gasteiger partial charge in [0.1, 0.15) is 7.67 Å². The Labute approximate surface area is 175 Å². The van der Waals surface area contributed by atoms with E-state index in [4.69, 9.17) is 1.37 Å². The van der Waals surface area contributed by atoms with E-state index in [1.165, 1.54) is 26.0 Å². The Morgan fingerprint density at radius 1 is 0.929 bits per heavy atom. The van der Waals surface area contributed by atoms with Crippen LogP contribution in [0.1, 0.15) is 6.93 Å². The first-order valence-corrected chi connectivity index (χ1v) is 17.6. The van der Waals surface area contributed by atoms with Crippen molar-refractivity contribution in [3.8, 4) is 11.3 Å². The van der Waals surface area contributed by atoms with Gasteiger partial charge in [0.25, 0.3) is 0 Å². The summed E-state index contributed by atoms with van der Waals surface area (Å²) in [5, 5.41) is 4.04. The van der Waals surface area contributed by atoms with Crippen molar-refractivity contribution in [3.63, 3.8) is 0 Å². The van der Waals surface area contributed by atoms with Crippen LogP contribution in [0, 0.1) is 6.92 Å². The van der Waals surface area contributed by atoms with Gasteiger partial charge in [0.15, 0.2) is 0 Å². The highest BCUT2D eigenvalue weighted by Crippen LogP contribution is 2.33. The molecule has 0 radical (unpaired) electrons. The minimum absolute atomic E-state index is 0.109. The van der Waals surface area contributed by atoms with Crippen LogP contribution in [-0.4, -0.2) is 26.1 Å². The van der Waals surface area contributed by atoms with Gasteiger partial charge in [-0.05, 0) is 33.8 Å². The number of hydrogen-bond acceptors (Lipinski definition) is 3. The summed E-state index contributed by atoms with van der Waals surface area (Å²) < 4.78 is 10.9. The smallest absolute Gasteiger partial charge is 0.116 e. The van der Waals surface area contributed by atoms with Gasteiger partial charge in [0.05, 0.1) is 32.1 Å². The van der Waals surface area contributed by atoms with Gasteiger partial charge >= 0.3 is 0 Å². The van der Waals surface area contributed by atoms with E-state index >= 15 is 0 Å². The summed E-state index contributed by atoms with van der Waals surface area (Å²) in [6, 6.07) is 13.2. The zero-order valence-corrected chi connectivity index (χ0v) is 20.6. The zero-order chi connectivity index (χ0) is 21.1. The van der Waals surface area contributed by atoms with E-state index in [0.29, 0.717) is 0 Å². The topological polar surface area (TPSA) is 25.8 Å². The minimum atomic E-state index is -1.56. The molecule has 4 aromatic rings. The quantitative estimate of drug-likeness (QED) is 0.384. The lowest BCUT2D eigenvalue weighted by molar-refractivity contribution is 1.23. The second-order valence-electron chi connectivity index (χ2n) is 9.65. The Morgan fingerprint density at radius 2 is 1.64 bits per heavy atom. The second-order valence-corrected chi connectivity index (χ2v) is 21.1. The standard InChI is InChI=1S/C23H28N2SSi2/c1-15-20-22(26-23(15)28(5,6)7)21(25-14-24-20)17-12-16-10-8-9-11-18(16)19(13-17)27(2,3)4/h8-14H,1-7H3/i14D. The first-order valence-electron chi connectivity index (χ1n) is 10.3. The van der Waals surface area contributed by atoms with Crippen LogP contribution in [0.5, 0.6) is 0 Å². The summed E-state index contributed by atoms with van der Waals surface area (Å²) in [4.78, 5) is 9.16. The SMILES string of the molecule is [2H]c1nc(-c2cc([Si](C)(C)C)c3ccccc3c2)c2sc([Si](C)(C)C)c(C)c2n1. The van der Waals surface area contributed by atoms with Crippen LogP contribution in [0.4, 0.5) is 0 Å². The van der Waals surface area contributed by atoms with Crippen LogP contribution < -0.4 is 9.69 Å². The van der Waals surface area contributed by atoms with Gasteiger partial charge in [0.2, 0.25) is 0 Å². The number of thiophene rings is 1. The molecule has 0 amide bonds. The molecule has 5 heteroatoms. The third kappa shape index (κ3) is 3.25. The molecule has 0 N–H and O–H groups in total. The fourth-order valence-corrected chi connectivity index (χ4v) is 9.36. The van der Waals surface area contributed by atoms with Crippen molar-refractivity contribution in [1.82, 2.24) is 9.97 Å². The highest BCUT2D eigenvalue weighted by molar-refractivity contribution is 7.32. The molecule has 0 saturated heterocycles. The van der Waals surface area contributed by atoms with Gasteiger partial charge in [-0.25, -0.2) is 9.97 Å². The Bertz CT molecular complexity index is 1250. The molecule has 0 spiro atoms. The monoisotopic (exact) mass is 421 g/mol. The zero-order valence-electron chi connectivity index (χ0n) is 18.8. The van der Waals surface area contributed by atoms with Crippen molar-refractivity contribution in [3.05, 3.63) is 48.3 Å². The van der Waals surface area contributed by atoms with E-state index in [0.717, 1.165) is 21.5 Å². The molecule has 2 heterocycles. The third-order valence-corrected chi connectivity index (χ3v) is 12.3. The molecule has 2 aromatic carbocycles. The van der Waals surface area contributed by atoms with Gasteiger partial charge in [-0.2, -0.15) is 0 Å². The van der Waals surface area contributed by atoms with Crippen molar-refractivity contribution in [2.45, 2.75) is 46.2 Å². The number of rotatable bonds is 3. The molecule has 0 unspecified atom stereocenters. The second kappa shape index (κ2) is 6.61. The van der Waals surface area contributed by atoms with E-state index in [1.54, 1.807) is 0 Å². The Morgan fingerprint density at radius 3 is 2.32 bits per heavy atom. The predicted octanol–water partition coefficient (Wildman–Crippen LogP) is 5.91. The molecule has 0 aliphatic heterocycles. The molecule has 2 nitrogen and oxygen atoms in total. The molecule has 144 valence electrons.